The lowest BCUT2D eigenvalue weighted by molar-refractivity contribution is -0.337. The van der Waals surface area contributed by atoms with Gasteiger partial charge in [0.15, 0.2) is 41.8 Å². The minimum Gasteiger partial charge on any atom is -0.504 e. The zero-order chi connectivity index (χ0) is 48.2. The summed E-state index contributed by atoms with van der Waals surface area (Å²) in [7, 11) is 2.61. The van der Waals surface area contributed by atoms with Crippen LogP contribution in [0.2, 0.25) is 0 Å². The van der Waals surface area contributed by atoms with Gasteiger partial charge in [-0.1, -0.05) is 56.9 Å². The molecule has 3 aliphatic heterocycles. The van der Waals surface area contributed by atoms with Crippen molar-refractivity contribution in [3.8, 4) is 46.3 Å². The number of carbonyl (C=O) groups excluding carboxylic acids is 1. The number of carboxylic acid groups (broad SMARTS) is 1. The Morgan fingerprint density at radius 2 is 1.77 bits per heavy atom. The number of phenols is 2. The molecule has 0 aromatic heterocycles. The van der Waals surface area contributed by atoms with Crippen LogP contribution in [0.3, 0.4) is 0 Å². The first-order valence-corrected chi connectivity index (χ1v) is 21.4. The van der Waals surface area contributed by atoms with Crippen molar-refractivity contribution in [2.24, 2.45) is 28.5 Å². The van der Waals surface area contributed by atoms with Gasteiger partial charge in [-0.2, -0.15) is 0 Å². The van der Waals surface area contributed by atoms with Crippen LogP contribution in [-0.4, -0.2) is 135 Å². The molecule has 12 N–H and O–H groups in total. The SMILES string of the molecule is CCc1cccc(CCOc2c(O)c(OC)cc(C(=O)OC(O)C3OC4Oc5c(OCNC(N)=NC)cc(C(=O)O)c6c5CC(C#CCC(O)(C4O)C3O)C(C(O)C(C)C)C(C)N6)c2O)c1. The van der Waals surface area contributed by atoms with Crippen LogP contribution in [0.4, 0.5) is 5.69 Å². The van der Waals surface area contributed by atoms with Crippen LogP contribution in [0.1, 0.15) is 71.5 Å². The number of rotatable bonds is 15. The van der Waals surface area contributed by atoms with Crippen LogP contribution >= 0.6 is 0 Å². The molecule has 20 nitrogen and oxygen atoms in total. The lowest BCUT2D eigenvalue weighted by Crippen LogP contribution is -2.69. The predicted molar refractivity (Wildman–Crippen MR) is 236 cm³/mol. The number of nitrogens with one attached hydrogen (secondary N) is 2. The number of aliphatic imine (C=N–C) groups is 1. The maximum absolute atomic E-state index is 13.8. The van der Waals surface area contributed by atoms with Gasteiger partial charge in [-0.15, -0.1) is 0 Å². The fraction of sp³-hybridized carbons (Fsp3) is 0.500. The van der Waals surface area contributed by atoms with E-state index in [-0.39, 0.29) is 65.7 Å². The molecule has 4 bridgehead atoms. The number of aliphatic hydroxyl groups is 5. The number of carboxylic acids is 1. The first kappa shape index (κ1) is 49.2. The van der Waals surface area contributed by atoms with E-state index in [1.807, 2.05) is 45.0 Å². The van der Waals surface area contributed by atoms with E-state index in [0.717, 1.165) is 29.7 Å². The first-order valence-electron chi connectivity index (χ1n) is 21.4. The molecule has 1 saturated heterocycles. The number of fused-ring (bicyclic) bond motifs is 3. The van der Waals surface area contributed by atoms with E-state index in [4.69, 9.17) is 34.2 Å². The quantitative estimate of drug-likeness (QED) is 0.0339. The molecule has 3 aromatic carbocycles. The molecular weight excluding hydrogens is 865 g/mol. The Balaban J connectivity index is 1.37. The molecule has 10 unspecified atom stereocenters. The molecule has 66 heavy (non-hydrogen) atoms. The highest BCUT2D eigenvalue weighted by Crippen LogP contribution is 2.49. The molecule has 0 amide bonds. The second kappa shape index (κ2) is 20.5. The molecule has 358 valence electrons. The summed E-state index contributed by atoms with van der Waals surface area (Å²) in [6.07, 6.45) is -11.5. The number of aliphatic hydroxyl groups excluding tert-OH is 4. The monoisotopic (exact) mass is 922 g/mol. The smallest absolute Gasteiger partial charge is 0.344 e. The molecule has 0 saturated carbocycles. The Morgan fingerprint density at radius 3 is 2.44 bits per heavy atom. The van der Waals surface area contributed by atoms with Crippen molar-refractivity contribution in [2.45, 2.75) is 102 Å². The van der Waals surface area contributed by atoms with Gasteiger partial charge in [0.1, 0.15) is 23.4 Å². The summed E-state index contributed by atoms with van der Waals surface area (Å²) in [5.41, 5.74) is 4.49. The lowest BCUT2D eigenvalue weighted by atomic mass is 9.76. The highest BCUT2D eigenvalue weighted by Gasteiger charge is 2.59. The number of carbonyl (C=O) groups is 2. The number of hydrogen-bond donors (Lipinski definition) is 11. The van der Waals surface area contributed by atoms with E-state index in [1.54, 1.807) is 6.92 Å². The lowest BCUT2D eigenvalue weighted by Gasteiger charge is -2.48. The molecule has 0 aliphatic carbocycles. The molecule has 0 spiro atoms. The predicted octanol–water partition coefficient (Wildman–Crippen LogP) is 1.60. The molecule has 6 rings (SSSR count). The van der Waals surface area contributed by atoms with E-state index in [0.29, 0.717) is 6.42 Å². The number of nitrogens with zero attached hydrogens (tertiary/aromatic N) is 1. The summed E-state index contributed by atoms with van der Waals surface area (Å²) in [6, 6.07) is 9.22. The van der Waals surface area contributed by atoms with Crippen molar-refractivity contribution >= 4 is 23.6 Å². The normalized spacial score (nSPS) is 25.6. The Labute approximate surface area is 380 Å². The van der Waals surface area contributed by atoms with Crippen molar-refractivity contribution < 1.29 is 78.9 Å². The first-order chi connectivity index (χ1) is 31.3. The molecule has 0 radical (unpaired) electrons. The fourth-order valence-electron chi connectivity index (χ4n) is 8.42. The third-order valence-electron chi connectivity index (χ3n) is 12.2. The third kappa shape index (κ3) is 9.96. The molecule has 20 heteroatoms. The number of phenolic OH excluding ortho intramolecular Hbond substituents is 2. The van der Waals surface area contributed by atoms with E-state index < -0.39 is 102 Å². The Morgan fingerprint density at radius 1 is 1.06 bits per heavy atom. The van der Waals surface area contributed by atoms with Crippen molar-refractivity contribution in [3.63, 3.8) is 0 Å². The number of hydrogen-bond acceptors (Lipinski definition) is 17. The maximum atomic E-state index is 13.8. The topological polar surface area (TPSA) is 314 Å². The van der Waals surface area contributed by atoms with Crippen LogP contribution < -0.4 is 35.3 Å². The van der Waals surface area contributed by atoms with Crippen LogP contribution in [0.25, 0.3) is 0 Å². The van der Waals surface area contributed by atoms with Gasteiger partial charge in [0.25, 0.3) is 0 Å². The number of aryl methyl sites for hydroxylation is 1. The Bertz CT molecular complexity index is 2370. The zero-order valence-electron chi connectivity index (χ0n) is 37.3. The third-order valence-corrected chi connectivity index (χ3v) is 12.2. The number of anilines is 1. The number of nitrogens with two attached hydrogens (primary N) is 1. The van der Waals surface area contributed by atoms with Crippen LogP contribution in [-0.2, 0) is 28.7 Å². The number of guanidine groups is 1. The molecule has 3 aliphatic rings. The van der Waals surface area contributed by atoms with E-state index in [1.165, 1.54) is 14.2 Å². The number of methoxy groups -OCH3 is 1. The van der Waals surface area contributed by atoms with Crippen LogP contribution in [0, 0.1) is 29.6 Å². The average molecular weight is 923 g/mol. The Kier molecular flexibility index (Phi) is 15.3. The van der Waals surface area contributed by atoms with E-state index in [9.17, 15) is 50.4 Å². The minimum absolute atomic E-state index is 0.0271. The number of aromatic hydroxyl groups is 2. The van der Waals surface area contributed by atoms with Gasteiger partial charge in [0.2, 0.25) is 24.1 Å². The summed E-state index contributed by atoms with van der Waals surface area (Å²) >= 11 is 0. The van der Waals surface area contributed by atoms with Gasteiger partial charge in [-0.3, -0.25) is 4.99 Å². The summed E-state index contributed by atoms with van der Waals surface area (Å²) in [4.78, 5) is 30.4. The van der Waals surface area contributed by atoms with Gasteiger partial charge in [0.05, 0.1) is 31.1 Å². The molecule has 1 fully saturated rings. The largest absolute Gasteiger partial charge is 0.504 e. The van der Waals surface area contributed by atoms with Crippen molar-refractivity contribution in [1.82, 2.24) is 5.32 Å². The molecule has 3 aromatic rings. The summed E-state index contributed by atoms with van der Waals surface area (Å²) in [6.45, 7) is 6.97. The second-order valence-corrected chi connectivity index (χ2v) is 16.7. The zero-order valence-corrected chi connectivity index (χ0v) is 37.3. The van der Waals surface area contributed by atoms with Crippen molar-refractivity contribution in [2.75, 3.05) is 32.8 Å². The van der Waals surface area contributed by atoms with Crippen LogP contribution in [0.15, 0.2) is 41.4 Å². The number of ether oxygens (including phenoxy) is 6. The number of esters is 1. The van der Waals surface area contributed by atoms with Gasteiger partial charge >= 0.3 is 11.9 Å². The van der Waals surface area contributed by atoms with Crippen LogP contribution in [0.5, 0.6) is 34.5 Å². The highest BCUT2D eigenvalue weighted by atomic mass is 16.7. The molecule has 10 atom stereocenters. The maximum Gasteiger partial charge on any atom is 0.344 e. The summed E-state index contributed by atoms with van der Waals surface area (Å²) in [5.74, 6) is -1.34. The summed E-state index contributed by atoms with van der Waals surface area (Å²) < 4.78 is 34.5. The van der Waals surface area contributed by atoms with E-state index >= 15 is 0 Å². The fourth-order valence-corrected chi connectivity index (χ4v) is 8.42. The van der Waals surface area contributed by atoms with Gasteiger partial charge in [0, 0.05) is 55.5 Å². The standard InChI is InChI=1S/C46H58N4O16/c1-7-23-10-8-11-24(16-23)13-15-62-37-34(52)28(19-29(61-6)35(37)53)42(58)66-43(59)38-39(54)46(60)14-9-12-25-17-26-32(50-22(4)31(25)33(51)21(2)3)27(41(56)57)18-30(63-20-49-45(47)48-5)36(26)64-44(65-38)40(46)55/h8,10-11,16,18-19,21-22,25,31,33,38-40,43-44,50-55,59-60H,7,13-15,17,20H2,1-6H3,(H,56,57)(H3,47,48,49). The van der Waals surface area contributed by atoms with Crippen molar-refractivity contribution in [3.05, 3.63) is 64.2 Å². The second-order valence-electron chi connectivity index (χ2n) is 16.7. The van der Waals surface area contributed by atoms with E-state index in [2.05, 4.69) is 27.5 Å². The molecule has 3 heterocycles. The average Bonchev–Trinajstić information content (AvgIpc) is 3.43. The summed E-state index contributed by atoms with van der Waals surface area (Å²) in [5, 5.41) is 97.2. The highest BCUT2D eigenvalue weighted by molar-refractivity contribution is 5.97. The number of benzene rings is 3. The van der Waals surface area contributed by atoms with Crippen molar-refractivity contribution in [1.29, 1.82) is 0 Å². The molecular formula is C46H58N4O16. The van der Waals surface area contributed by atoms with Gasteiger partial charge in [-0.05, 0) is 36.8 Å². The Hall–Kier alpha value is -6.21. The van der Waals surface area contributed by atoms with Gasteiger partial charge < -0.3 is 85.6 Å². The minimum atomic E-state index is -2.68. The number of aromatic carboxylic acids is 1. The van der Waals surface area contributed by atoms with Gasteiger partial charge in [-0.25, -0.2) is 9.59 Å².